The van der Waals surface area contributed by atoms with Crippen molar-refractivity contribution in [3.05, 3.63) is 94.0 Å². The first kappa shape index (κ1) is 28.5. The zero-order valence-electron chi connectivity index (χ0n) is 20.8. The number of hydrogen-bond acceptors (Lipinski definition) is 4. The number of benzene rings is 3. The molecule has 0 bridgehead atoms. The molecule has 3 rings (SSSR count). The van der Waals surface area contributed by atoms with E-state index >= 15 is 0 Å². The van der Waals surface area contributed by atoms with Crippen molar-refractivity contribution in [2.75, 3.05) is 17.4 Å². The third kappa shape index (κ3) is 7.03. The van der Waals surface area contributed by atoms with Crippen molar-refractivity contribution in [3.8, 4) is 0 Å². The SMILES string of the molecule is CCNC(=O)[C@H](C)N(Cc1ccc(C)cc1)C(=O)CN(c1ccc(Cl)c(Cl)c1)S(=O)(=O)c1ccccc1. The molecule has 0 saturated carbocycles. The largest absolute Gasteiger partial charge is 0.355 e. The molecule has 1 atom stereocenters. The molecule has 2 amide bonds. The molecule has 0 saturated heterocycles. The van der Waals surface area contributed by atoms with Crippen molar-refractivity contribution in [2.45, 2.75) is 38.3 Å². The quantitative estimate of drug-likeness (QED) is 0.375. The summed E-state index contributed by atoms with van der Waals surface area (Å²) in [7, 11) is -4.16. The van der Waals surface area contributed by atoms with Gasteiger partial charge in [0, 0.05) is 13.1 Å². The van der Waals surface area contributed by atoms with Crippen molar-refractivity contribution in [2.24, 2.45) is 0 Å². The van der Waals surface area contributed by atoms with Crippen LogP contribution in [0.2, 0.25) is 10.0 Å². The maximum atomic E-state index is 13.8. The van der Waals surface area contributed by atoms with E-state index in [0.29, 0.717) is 6.54 Å². The fourth-order valence-corrected chi connectivity index (χ4v) is 5.40. The van der Waals surface area contributed by atoms with E-state index in [1.807, 2.05) is 31.2 Å². The second-order valence-electron chi connectivity index (χ2n) is 8.50. The van der Waals surface area contributed by atoms with Gasteiger partial charge in [0.05, 0.1) is 20.6 Å². The summed E-state index contributed by atoms with van der Waals surface area (Å²) in [5, 5.41) is 3.13. The van der Waals surface area contributed by atoms with Gasteiger partial charge in [0.25, 0.3) is 10.0 Å². The molecule has 3 aromatic carbocycles. The van der Waals surface area contributed by atoms with Crippen LogP contribution in [0.3, 0.4) is 0 Å². The highest BCUT2D eigenvalue weighted by Gasteiger charge is 2.32. The summed E-state index contributed by atoms with van der Waals surface area (Å²) in [5.74, 6) is -0.889. The van der Waals surface area contributed by atoms with Gasteiger partial charge in [-0.15, -0.1) is 0 Å². The number of likely N-dealkylation sites (N-methyl/N-ethyl adjacent to an activating group) is 1. The van der Waals surface area contributed by atoms with Crippen LogP contribution in [0.1, 0.15) is 25.0 Å². The van der Waals surface area contributed by atoms with Crippen LogP contribution in [0.4, 0.5) is 5.69 Å². The number of nitrogens with one attached hydrogen (secondary N) is 1. The Morgan fingerprint density at radius 3 is 2.19 bits per heavy atom. The van der Waals surface area contributed by atoms with Crippen LogP contribution < -0.4 is 9.62 Å². The number of carbonyl (C=O) groups excluding carboxylic acids is 2. The molecule has 0 aliphatic heterocycles. The molecule has 0 spiro atoms. The molecule has 0 aromatic heterocycles. The fourth-order valence-electron chi connectivity index (χ4n) is 3.68. The number of carbonyl (C=O) groups is 2. The molecule has 1 N–H and O–H groups in total. The van der Waals surface area contributed by atoms with Gasteiger partial charge >= 0.3 is 0 Å². The molecular formula is C27H29Cl2N3O4S. The molecule has 0 unspecified atom stereocenters. The van der Waals surface area contributed by atoms with E-state index < -0.39 is 28.5 Å². The minimum absolute atomic E-state index is 0.00994. The van der Waals surface area contributed by atoms with E-state index in [9.17, 15) is 18.0 Å². The molecule has 7 nitrogen and oxygen atoms in total. The predicted octanol–water partition coefficient (Wildman–Crippen LogP) is 5.05. The van der Waals surface area contributed by atoms with E-state index in [0.717, 1.165) is 15.4 Å². The number of halogens is 2. The lowest BCUT2D eigenvalue weighted by atomic mass is 10.1. The van der Waals surface area contributed by atoms with Gasteiger partial charge in [-0.05, 0) is 56.7 Å². The Morgan fingerprint density at radius 2 is 1.59 bits per heavy atom. The summed E-state index contributed by atoms with van der Waals surface area (Å²) < 4.78 is 28.4. The maximum absolute atomic E-state index is 13.8. The smallest absolute Gasteiger partial charge is 0.264 e. The van der Waals surface area contributed by atoms with Crippen LogP contribution in [0.15, 0.2) is 77.7 Å². The summed E-state index contributed by atoms with van der Waals surface area (Å²) >= 11 is 12.3. The summed E-state index contributed by atoms with van der Waals surface area (Å²) in [6.45, 7) is 5.32. The number of nitrogens with zero attached hydrogens (tertiary/aromatic N) is 2. The van der Waals surface area contributed by atoms with Gasteiger partial charge in [-0.3, -0.25) is 13.9 Å². The topological polar surface area (TPSA) is 86.8 Å². The Kier molecular flexibility index (Phi) is 9.59. The van der Waals surface area contributed by atoms with Crippen LogP contribution in [0, 0.1) is 6.92 Å². The third-order valence-corrected chi connectivity index (χ3v) is 8.32. The van der Waals surface area contributed by atoms with Gasteiger partial charge in [-0.1, -0.05) is 71.2 Å². The number of sulfonamides is 1. The van der Waals surface area contributed by atoms with Crippen molar-refractivity contribution in [1.29, 1.82) is 0 Å². The zero-order chi connectivity index (χ0) is 27.2. The molecule has 37 heavy (non-hydrogen) atoms. The van der Waals surface area contributed by atoms with Crippen molar-refractivity contribution < 1.29 is 18.0 Å². The minimum atomic E-state index is -4.16. The summed E-state index contributed by atoms with van der Waals surface area (Å²) in [5.41, 5.74) is 2.04. The van der Waals surface area contributed by atoms with Crippen molar-refractivity contribution in [1.82, 2.24) is 10.2 Å². The molecule has 0 aliphatic rings. The lowest BCUT2D eigenvalue weighted by molar-refractivity contribution is -0.139. The van der Waals surface area contributed by atoms with Gasteiger partial charge in [-0.25, -0.2) is 8.42 Å². The van der Waals surface area contributed by atoms with Gasteiger partial charge in [-0.2, -0.15) is 0 Å². The Hall–Kier alpha value is -3.07. The number of amides is 2. The highest BCUT2D eigenvalue weighted by molar-refractivity contribution is 7.92. The lowest BCUT2D eigenvalue weighted by Crippen LogP contribution is -2.51. The molecule has 0 radical (unpaired) electrons. The Morgan fingerprint density at radius 1 is 0.946 bits per heavy atom. The second kappa shape index (κ2) is 12.4. The first-order valence-electron chi connectivity index (χ1n) is 11.7. The van der Waals surface area contributed by atoms with E-state index in [4.69, 9.17) is 23.2 Å². The summed E-state index contributed by atoms with van der Waals surface area (Å²) in [6.07, 6.45) is 0. The number of aryl methyl sites for hydroxylation is 1. The van der Waals surface area contributed by atoms with Crippen LogP contribution in [0.5, 0.6) is 0 Å². The lowest BCUT2D eigenvalue weighted by Gasteiger charge is -2.32. The van der Waals surface area contributed by atoms with E-state index in [2.05, 4.69) is 5.32 Å². The molecule has 0 heterocycles. The number of hydrogen-bond donors (Lipinski definition) is 1. The monoisotopic (exact) mass is 561 g/mol. The van der Waals surface area contributed by atoms with E-state index in [1.54, 1.807) is 32.0 Å². The summed E-state index contributed by atoms with van der Waals surface area (Å²) in [6, 6.07) is 18.9. The molecule has 0 aliphatic carbocycles. The highest BCUT2D eigenvalue weighted by Crippen LogP contribution is 2.30. The van der Waals surface area contributed by atoms with Gasteiger partial charge in [0.2, 0.25) is 11.8 Å². The van der Waals surface area contributed by atoms with Gasteiger partial charge in [0.1, 0.15) is 12.6 Å². The third-order valence-electron chi connectivity index (χ3n) is 5.79. The summed E-state index contributed by atoms with van der Waals surface area (Å²) in [4.78, 5) is 27.9. The minimum Gasteiger partial charge on any atom is -0.355 e. The van der Waals surface area contributed by atoms with Gasteiger partial charge in [0.15, 0.2) is 0 Å². The first-order valence-corrected chi connectivity index (χ1v) is 13.9. The van der Waals surface area contributed by atoms with Crippen LogP contribution in [-0.4, -0.2) is 44.3 Å². The van der Waals surface area contributed by atoms with Crippen LogP contribution >= 0.6 is 23.2 Å². The number of anilines is 1. The fraction of sp³-hybridized carbons (Fsp3) is 0.259. The highest BCUT2D eigenvalue weighted by atomic mass is 35.5. The van der Waals surface area contributed by atoms with Crippen LogP contribution in [0.25, 0.3) is 0 Å². The van der Waals surface area contributed by atoms with Crippen molar-refractivity contribution in [3.63, 3.8) is 0 Å². The Bertz CT molecular complexity index is 1350. The predicted molar refractivity (Wildman–Crippen MR) is 147 cm³/mol. The van der Waals surface area contributed by atoms with E-state index in [1.165, 1.54) is 35.2 Å². The van der Waals surface area contributed by atoms with Gasteiger partial charge < -0.3 is 10.2 Å². The maximum Gasteiger partial charge on any atom is 0.264 e. The molecule has 3 aromatic rings. The zero-order valence-corrected chi connectivity index (χ0v) is 23.1. The normalized spacial score (nSPS) is 12.0. The Balaban J connectivity index is 2.03. The molecule has 0 fully saturated rings. The van der Waals surface area contributed by atoms with Crippen LogP contribution in [-0.2, 0) is 26.2 Å². The van der Waals surface area contributed by atoms with Crippen molar-refractivity contribution >= 4 is 50.7 Å². The second-order valence-corrected chi connectivity index (χ2v) is 11.2. The molecule has 196 valence electrons. The van der Waals surface area contributed by atoms with E-state index in [-0.39, 0.29) is 33.1 Å². The average Bonchev–Trinajstić information content (AvgIpc) is 2.88. The molecule has 10 heteroatoms. The molecular weight excluding hydrogens is 533 g/mol. The number of rotatable bonds is 10. The Labute approximate surface area is 228 Å². The average molecular weight is 563 g/mol. The standard InChI is InChI=1S/C27H29Cl2N3O4S/c1-4-30-27(34)20(3)31(17-21-12-10-19(2)11-13-21)26(33)18-32(22-14-15-24(28)25(29)16-22)37(35,36)23-8-6-5-7-9-23/h5-16,20H,4,17-18H2,1-3H3,(H,30,34)/t20-/m0/s1. The first-order chi connectivity index (χ1) is 17.5.